The number of piperazine rings is 1. The lowest BCUT2D eigenvalue weighted by Crippen LogP contribution is -2.58. The molecule has 1 aliphatic heterocycles. The second kappa shape index (κ2) is 9.28. The van der Waals surface area contributed by atoms with Crippen molar-refractivity contribution in [2.45, 2.75) is 33.2 Å². The zero-order valence-electron chi connectivity index (χ0n) is 12.6. The standard InChI is InChI=1S/C14H29N3O2/c1-4-16-14(18)13-11-15-6-7-17(13)8-10-19-9-5-12(2)3/h12-13,15H,4-11H2,1-3H3,(H,16,18). The number of ether oxygens (including phenoxy) is 1. The number of hydrogen-bond acceptors (Lipinski definition) is 4. The Morgan fingerprint density at radius 2 is 2.26 bits per heavy atom. The number of rotatable bonds is 8. The molecule has 1 rings (SSSR count). The van der Waals surface area contributed by atoms with Crippen molar-refractivity contribution in [2.75, 3.05) is 45.9 Å². The maximum Gasteiger partial charge on any atom is 0.238 e. The van der Waals surface area contributed by atoms with Crippen LogP contribution in [0.4, 0.5) is 0 Å². The molecule has 5 heteroatoms. The highest BCUT2D eigenvalue weighted by Crippen LogP contribution is 2.04. The SMILES string of the molecule is CCNC(=O)C1CNCCN1CCOCCC(C)C. The third kappa shape index (κ3) is 6.36. The van der Waals surface area contributed by atoms with Crippen molar-refractivity contribution < 1.29 is 9.53 Å². The van der Waals surface area contributed by atoms with Gasteiger partial charge in [0.1, 0.15) is 6.04 Å². The maximum absolute atomic E-state index is 12.0. The molecule has 1 unspecified atom stereocenters. The first-order valence-corrected chi connectivity index (χ1v) is 7.45. The Kier molecular flexibility index (Phi) is 8.02. The fourth-order valence-corrected chi connectivity index (χ4v) is 2.17. The molecule has 0 radical (unpaired) electrons. The van der Waals surface area contributed by atoms with Crippen LogP contribution in [0, 0.1) is 5.92 Å². The third-order valence-corrected chi connectivity index (χ3v) is 3.37. The predicted octanol–water partition coefficient (Wildman–Crippen LogP) is 0.459. The Hall–Kier alpha value is -0.650. The lowest BCUT2D eigenvalue weighted by molar-refractivity contribution is -0.127. The number of nitrogens with one attached hydrogen (secondary N) is 2. The minimum atomic E-state index is -0.0533. The monoisotopic (exact) mass is 271 g/mol. The molecule has 0 aliphatic carbocycles. The second-order valence-corrected chi connectivity index (χ2v) is 5.45. The van der Waals surface area contributed by atoms with Crippen LogP contribution in [0.3, 0.4) is 0 Å². The van der Waals surface area contributed by atoms with E-state index in [4.69, 9.17) is 4.74 Å². The quantitative estimate of drug-likeness (QED) is 0.630. The van der Waals surface area contributed by atoms with Gasteiger partial charge in [-0.1, -0.05) is 13.8 Å². The van der Waals surface area contributed by atoms with Crippen molar-refractivity contribution in [1.82, 2.24) is 15.5 Å². The minimum absolute atomic E-state index is 0.0533. The van der Waals surface area contributed by atoms with Gasteiger partial charge in [-0.15, -0.1) is 0 Å². The first kappa shape index (κ1) is 16.4. The second-order valence-electron chi connectivity index (χ2n) is 5.45. The van der Waals surface area contributed by atoms with E-state index >= 15 is 0 Å². The predicted molar refractivity (Wildman–Crippen MR) is 77.2 cm³/mol. The van der Waals surface area contributed by atoms with Crippen molar-refractivity contribution in [1.29, 1.82) is 0 Å². The molecular formula is C14H29N3O2. The number of carbonyl (C=O) groups excluding carboxylic acids is 1. The summed E-state index contributed by atoms with van der Waals surface area (Å²) in [6.07, 6.45) is 1.10. The van der Waals surface area contributed by atoms with Crippen LogP contribution < -0.4 is 10.6 Å². The molecule has 112 valence electrons. The van der Waals surface area contributed by atoms with Gasteiger partial charge < -0.3 is 15.4 Å². The van der Waals surface area contributed by atoms with Crippen LogP contribution in [0.1, 0.15) is 27.2 Å². The molecule has 1 aliphatic rings. The van der Waals surface area contributed by atoms with Crippen LogP contribution in [0.2, 0.25) is 0 Å². The molecule has 1 atom stereocenters. The van der Waals surface area contributed by atoms with Crippen molar-refractivity contribution in [3.05, 3.63) is 0 Å². The molecule has 0 aromatic carbocycles. The van der Waals surface area contributed by atoms with E-state index in [0.717, 1.165) is 39.2 Å². The zero-order valence-corrected chi connectivity index (χ0v) is 12.6. The van der Waals surface area contributed by atoms with Gasteiger partial charge in [-0.2, -0.15) is 0 Å². The lowest BCUT2D eigenvalue weighted by atomic mass is 10.1. The van der Waals surface area contributed by atoms with Gasteiger partial charge in [0.15, 0.2) is 0 Å². The molecule has 1 saturated heterocycles. The summed E-state index contributed by atoms with van der Waals surface area (Å²) < 4.78 is 5.64. The molecule has 2 N–H and O–H groups in total. The number of nitrogens with zero attached hydrogens (tertiary/aromatic N) is 1. The van der Waals surface area contributed by atoms with Gasteiger partial charge in [-0.3, -0.25) is 9.69 Å². The summed E-state index contributed by atoms with van der Waals surface area (Å²) >= 11 is 0. The Labute approximate surface area is 117 Å². The normalized spacial score (nSPS) is 20.7. The molecule has 0 spiro atoms. The van der Waals surface area contributed by atoms with Crippen LogP contribution in [0.25, 0.3) is 0 Å². The Bertz CT molecular complexity index is 259. The molecule has 0 saturated carbocycles. The number of amides is 1. The van der Waals surface area contributed by atoms with Crippen LogP contribution in [-0.2, 0) is 9.53 Å². The average molecular weight is 271 g/mol. The van der Waals surface area contributed by atoms with Crippen LogP contribution in [0.15, 0.2) is 0 Å². The summed E-state index contributed by atoms with van der Waals surface area (Å²) in [7, 11) is 0. The Balaban J connectivity index is 2.26. The summed E-state index contributed by atoms with van der Waals surface area (Å²) in [5.41, 5.74) is 0. The highest BCUT2D eigenvalue weighted by atomic mass is 16.5. The van der Waals surface area contributed by atoms with E-state index in [2.05, 4.69) is 29.4 Å². The van der Waals surface area contributed by atoms with E-state index in [1.54, 1.807) is 0 Å². The minimum Gasteiger partial charge on any atom is -0.380 e. The Morgan fingerprint density at radius 1 is 1.47 bits per heavy atom. The van der Waals surface area contributed by atoms with Crippen molar-refractivity contribution in [3.8, 4) is 0 Å². The van der Waals surface area contributed by atoms with Crippen LogP contribution in [-0.4, -0.2) is 62.8 Å². The van der Waals surface area contributed by atoms with Gasteiger partial charge in [-0.05, 0) is 19.3 Å². The van der Waals surface area contributed by atoms with E-state index in [9.17, 15) is 4.79 Å². The highest BCUT2D eigenvalue weighted by molar-refractivity contribution is 5.82. The van der Waals surface area contributed by atoms with Crippen molar-refractivity contribution in [3.63, 3.8) is 0 Å². The number of carbonyl (C=O) groups is 1. The first-order chi connectivity index (χ1) is 9.15. The fourth-order valence-electron chi connectivity index (χ4n) is 2.17. The van der Waals surface area contributed by atoms with E-state index in [-0.39, 0.29) is 11.9 Å². The van der Waals surface area contributed by atoms with Crippen molar-refractivity contribution >= 4 is 5.91 Å². The van der Waals surface area contributed by atoms with Crippen LogP contribution in [0.5, 0.6) is 0 Å². The molecule has 0 bridgehead atoms. The summed E-state index contributed by atoms with van der Waals surface area (Å²) in [4.78, 5) is 14.2. The van der Waals surface area contributed by atoms with E-state index < -0.39 is 0 Å². The molecular weight excluding hydrogens is 242 g/mol. The maximum atomic E-state index is 12.0. The smallest absolute Gasteiger partial charge is 0.238 e. The first-order valence-electron chi connectivity index (χ1n) is 7.45. The van der Waals surface area contributed by atoms with Gasteiger partial charge in [0.25, 0.3) is 0 Å². The third-order valence-electron chi connectivity index (χ3n) is 3.37. The largest absolute Gasteiger partial charge is 0.380 e. The molecule has 1 heterocycles. The molecule has 0 aromatic heterocycles. The van der Waals surface area contributed by atoms with Gasteiger partial charge in [0.2, 0.25) is 5.91 Å². The summed E-state index contributed by atoms with van der Waals surface area (Å²) in [6.45, 7) is 12.0. The Morgan fingerprint density at radius 3 is 2.95 bits per heavy atom. The molecule has 1 fully saturated rings. The van der Waals surface area contributed by atoms with Gasteiger partial charge >= 0.3 is 0 Å². The molecule has 0 aromatic rings. The van der Waals surface area contributed by atoms with Gasteiger partial charge in [0, 0.05) is 39.3 Å². The topological polar surface area (TPSA) is 53.6 Å². The molecule has 1 amide bonds. The van der Waals surface area contributed by atoms with E-state index in [1.165, 1.54) is 0 Å². The molecule has 19 heavy (non-hydrogen) atoms. The highest BCUT2D eigenvalue weighted by Gasteiger charge is 2.27. The van der Waals surface area contributed by atoms with Crippen molar-refractivity contribution in [2.24, 2.45) is 5.92 Å². The summed E-state index contributed by atoms with van der Waals surface area (Å²) in [5.74, 6) is 0.805. The zero-order chi connectivity index (χ0) is 14.1. The fraction of sp³-hybridized carbons (Fsp3) is 0.929. The summed E-state index contributed by atoms with van der Waals surface area (Å²) in [5, 5.41) is 6.18. The molecule has 5 nitrogen and oxygen atoms in total. The van der Waals surface area contributed by atoms with Gasteiger partial charge in [-0.25, -0.2) is 0 Å². The van der Waals surface area contributed by atoms with E-state index in [0.29, 0.717) is 19.1 Å². The average Bonchev–Trinajstić information content (AvgIpc) is 2.38. The lowest BCUT2D eigenvalue weighted by Gasteiger charge is -2.34. The van der Waals surface area contributed by atoms with Gasteiger partial charge in [0.05, 0.1) is 6.61 Å². The number of hydrogen-bond donors (Lipinski definition) is 2. The number of likely N-dealkylation sites (N-methyl/N-ethyl adjacent to an activating group) is 1. The van der Waals surface area contributed by atoms with Crippen LogP contribution >= 0.6 is 0 Å². The summed E-state index contributed by atoms with van der Waals surface area (Å²) in [6, 6.07) is -0.0533. The van der Waals surface area contributed by atoms with E-state index in [1.807, 2.05) is 6.92 Å².